The molecule has 1 rings (SSSR count). The normalized spacial score (nSPS) is 18.2. The molecular formula is C4H8N5-. The summed E-state index contributed by atoms with van der Waals surface area (Å²) < 4.78 is 0. The van der Waals surface area contributed by atoms with Gasteiger partial charge in [-0.15, -0.1) is 0 Å². The first-order valence-corrected chi connectivity index (χ1v) is 2.53. The molecule has 0 aromatic carbocycles. The van der Waals surface area contributed by atoms with Gasteiger partial charge in [-0.05, 0) is 6.92 Å². The number of hydrogen-bond donors (Lipinski definition) is 1. The molecule has 1 aliphatic rings. The highest BCUT2D eigenvalue weighted by atomic mass is 15.6. The van der Waals surface area contributed by atoms with Crippen LogP contribution in [-0.2, 0) is 0 Å². The molecule has 9 heavy (non-hydrogen) atoms. The Morgan fingerprint density at radius 3 is 2.78 bits per heavy atom. The van der Waals surface area contributed by atoms with E-state index < -0.39 is 0 Å². The smallest absolute Gasteiger partial charge is 0.198 e. The molecule has 0 amide bonds. The molecule has 0 aromatic heterocycles. The molecule has 5 nitrogen and oxygen atoms in total. The number of amidine groups is 1. The lowest BCUT2D eigenvalue weighted by molar-refractivity contribution is 0.530. The minimum Gasteiger partial charge on any atom is -0.375 e. The van der Waals surface area contributed by atoms with Gasteiger partial charge in [0.1, 0.15) is 0 Å². The second kappa shape index (κ2) is 1.93. The van der Waals surface area contributed by atoms with E-state index in [1.54, 1.807) is 14.0 Å². The molecule has 0 aromatic rings. The van der Waals surface area contributed by atoms with Crippen LogP contribution < -0.4 is 5.73 Å². The molecule has 0 aliphatic carbocycles. The fourth-order valence-corrected chi connectivity index (χ4v) is 0.477. The maximum absolute atomic E-state index is 5.32. The van der Waals surface area contributed by atoms with E-state index >= 15 is 0 Å². The number of rotatable bonds is 0. The SMILES string of the molecule is CC1=NN(C)C(N)=N[N-]1. The third kappa shape index (κ3) is 1.10. The molecule has 5 heteroatoms. The first kappa shape index (κ1) is 5.87. The van der Waals surface area contributed by atoms with E-state index in [9.17, 15) is 0 Å². The number of guanidine groups is 1. The summed E-state index contributed by atoms with van der Waals surface area (Å²) in [5.41, 5.74) is 8.95. The highest BCUT2D eigenvalue weighted by molar-refractivity contribution is 5.97. The lowest BCUT2D eigenvalue weighted by Gasteiger charge is -2.27. The Balaban J connectivity index is 2.70. The summed E-state index contributed by atoms with van der Waals surface area (Å²) in [6.07, 6.45) is 0. The topological polar surface area (TPSA) is 68.1 Å². The van der Waals surface area contributed by atoms with Crippen LogP contribution in [0.3, 0.4) is 0 Å². The minimum atomic E-state index is 0.320. The number of hydrogen-bond acceptors (Lipinski definition) is 4. The van der Waals surface area contributed by atoms with Gasteiger partial charge in [0.2, 0.25) is 0 Å². The number of nitrogens with two attached hydrogens (primary N) is 1. The Labute approximate surface area is 53.2 Å². The molecule has 0 radical (unpaired) electrons. The Kier molecular flexibility index (Phi) is 1.26. The van der Waals surface area contributed by atoms with Crippen LogP contribution in [0.4, 0.5) is 0 Å². The second-order valence-corrected chi connectivity index (χ2v) is 1.73. The van der Waals surface area contributed by atoms with Crippen molar-refractivity contribution in [1.29, 1.82) is 0 Å². The highest BCUT2D eigenvalue weighted by Gasteiger charge is 1.94. The zero-order chi connectivity index (χ0) is 6.85. The summed E-state index contributed by atoms with van der Waals surface area (Å²) in [5.74, 6) is 0.937. The summed E-state index contributed by atoms with van der Waals surface area (Å²) >= 11 is 0. The van der Waals surface area contributed by atoms with Crippen LogP contribution in [0.2, 0.25) is 0 Å². The van der Waals surface area contributed by atoms with Crippen LogP contribution in [0.15, 0.2) is 10.2 Å². The predicted octanol–water partition coefficient (Wildman–Crippen LogP) is -0.131. The van der Waals surface area contributed by atoms with E-state index in [-0.39, 0.29) is 0 Å². The van der Waals surface area contributed by atoms with Gasteiger partial charge < -0.3 is 21.3 Å². The molecule has 0 atom stereocenters. The van der Waals surface area contributed by atoms with Crippen molar-refractivity contribution in [2.45, 2.75) is 6.92 Å². The zero-order valence-corrected chi connectivity index (χ0v) is 5.37. The largest absolute Gasteiger partial charge is 0.375 e. The van der Waals surface area contributed by atoms with E-state index in [2.05, 4.69) is 15.6 Å². The van der Waals surface area contributed by atoms with E-state index in [1.807, 2.05) is 0 Å². The molecule has 0 saturated heterocycles. The molecule has 0 bridgehead atoms. The first-order chi connectivity index (χ1) is 4.20. The van der Waals surface area contributed by atoms with E-state index in [0.29, 0.717) is 11.8 Å². The van der Waals surface area contributed by atoms with Crippen molar-refractivity contribution in [3.8, 4) is 0 Å². The standard InChI is InChI=1S/C4H8N5/c1-3-6-7-4(5)9(2)8-3/h1-2H3,(H2-,5,6,7,8)/q-1. The molecule has 0 spiro atoms. The van der Waals surface area contributed by atoms with Crippen molar-refractivity contribution in [1.82, 2.24) is 5.01 Å². The van der Waals surface area contributed by atoms with Gasteiger partial charge in [-0.25, -0.2) is 5.10 Å². The van der Waals surface area contributed by atoms with Crippen LogP contribution in [0.1, 0.15) is 6.92 Å². The van der Waals surface area contributed by atoms with Crippen LogP contribution in [-0.4, -0.2) is 23.9 Å². The average Bonchev–Trinajstić information content (AvgIpc) is 1.80. The van der Waals surface area contributed by atoms with Gasteiger partial charge in [-0.3, -0.25) is 0 Å². The predicted molar refractivity (Wildman–Crippen MR) is 35.9 cm³/mol. The Morgan fingerprint density at radius 2 is 2.33 bits per heavy atom. The van der Waals surface area contributed by atoms with Crippen molar-refractivity contribution in [2.24, 2.45) is 15.9 Å². The van der Waals surface area contributed by atoms with Crippen molar-refractivity contribution < 1.29 is 0 Å². The Bertz CT molecular complexity index is 170. The van der Waals surface area contributed by atoms with Crippen molar-refractivity contribution in [3.63, 3.8) is 0 Å². The number of hydrazone groups is 1. The molecule has 0 saturated carbocycles. The molecule has 0 unspecified atom stereocenters. The second-order valence-electron chi connectivity index (χ2n) is 1.73. The summed E-state index contributed by atoms with van der Waals surface area (Å²) in [6, 6.07) is 0. The van der Waals surface area contributed by atoms with Crippen LogP contribution >= 0.6 is 0 Å². The first-order valence-electron chi connectivity index (χ1n) is 2.53. The lowest BCUT2D eigenvalue weighted by Crippen LogP contribution is -2.32. The van der Waals surface area contributed by atoms with Gasteiger partial charge in [0.05, 0.1) is 0 Å². The Hall–Kier alpha value is -1.26. The van der Waals surface area contributed by atoms with E-state index in [4.69, 9.17) is 5.73 Å². The third-order valence-electron chi connectivity index (χ3n) is 0.923. The summed E-state index contributed by atoms with van der Waals surface area (Å²) in [4.78, 5) is 0. The van der Waals surface area contributed by atoms with Crippen molar-refractivity contribution >= 4 is 11.8 Å². The number of nitrogens with zero attached hydrogens (tertiary/aromatic N) is 4. The molecule has 0 fully saturated rings. The summed E-state index contributed by atoms with van der Waals surface area (Å²) in [5, 5.41) is 8.97. The molecule has 2 N–H and O–H groups in total. The fraction of sp³-hybridized carbons (Fsp3) is 0.500. The fourth-order valence-electron chi connectivity index (χ4n) is 0.477. The van der Waals surface area contributed by atoms with Crippen molar-refractivity contribution in [2.75, 3.05) is 7.05 Å². The van der Waals surface area contributed by atoms with Gasteiger partial charge in [0.15, 0.2) is 5.96 Å². The van der Waals surface area contributed by atoms with Gasteiger partial charge in [0.25, 0.3) is 0 Å². The molecule has 1 heterocycles. The Morgan fingerprint density at radius 1 is 1.67 bits per heavy atom. The highest BCUT2D eigenvalue weighted by Crippen LogP contribution is 2.01. The summed E-state index contributed by atoms with van der Waals surface area (Å²) in [7, 11) is 1.72. The van der Waals surface area contributed by atoms with Crippen LogP contribution in [0.25, 0.3) is 5.43 Å². The summed E-state index contributed by atoms with van der Waals surface area (Å²) in [6.45, 7) is 1.76. The molecule has 1 aliphatic heterocycles. The third-order valence-corrected chi connectivity index (χ3v) is 0.923. The van der Waals surface area contributed by atoms with Gasteiger partial charge in [-0.1, -0.05) is 5.84 Å². The quantitative estimate of drug-likeness (QED) is 0.491. The van der Waals surface area contributed by atoms with E-state index in [0.717, 1.165) is 0 Å². The lowest BCUT2D eigenvalue weighted by atomic mass is 10.7. The maximum Gasteiger partial charge on any atom is 0.198 e. The van der Waals surface area contributed by atoms with Crippen molar-refractivity contribution in [3.05, 3.63) is 5.43 Å². The van der Waals surface area contributed by atoms with Crippen LogP contribution in [0, 0.1) is 0 Å². The average molecular weight is 126 g/mol. The van der Waals surface area contributed by atoms with E-state index in [1.165, 1.54) is 5.01 Å². The van der Waals surface area contributed by atoms with Crippen LogP contribution in [0.5, 0.6) is 0 Å². The zero-order valence-electron chi connectivity index (χ0n) is 5.37. The monoisotopic (exact) mass is 126 g/mol. The minimum absolute atomic E-state index is 0.320. The molecule has 50 valence electrons. The van der Waals surface area contributed by atoms with Gasteiger partial charge in [0, 0.05) is 7.05 Å². The molecular weight excluding hydrogens is 118 g/mol. The van der Waals surface area contributed by atoms with Gasteiger partial charge in [-0.2, -0.15) is 0 Å². The maximum atomic E-state index is 5.32. The van der Waals surface area contributed by atoms with Gasteiger partial charge >= 0.3 is 0 Å².